The van der Waals surface area contributed by atoms with Crippen LogP contribution in [0.1, 0.15) is 13.8 Å². The number of hydrogen-bond donors (Lipinski definition) is 3. The van der Waals surface area contributed by atoms with E-state index in [0.29, 0.717) is 0 Å². The van der Waals surface area contributed by atoms with Crippen LogP contribution in [0.4, 0.5) is 0 Å². The van der Waals surface area contributed by atoms with E-state index in [1.165, 1.54) is 13.8 Å². The lowest BCUT2D eigenvalue weighted by Crippen LogP contribution is -2.27. The molecule has 0 aliphatic heterocycles. The highest BCUT2D eigenvalue weighted by Gasteiger charge is 2.10. The number of aliphatic imine (C=N–C) groups is 1. The van der Waals surface area contributed by atoms with Crippen LogP contribution in [0.15, 0.2) is 4.99 Å². The minimum Gasteiger partial charge on any atom is -0.370 e. The minimum atomic E-state index is -1.18. The van der Waals surface area contributed by atoms with Gasteiger partial charge in [0.2, 0.25) is 0 Å². The van der Waals surface area contributed by atoms with Gasteiger partial charge >= 0.3 is 0 Å². The number of aliphatic hydroxyl groups is 1. The zero-order valence-electron chi connectivity index (χ0n) is 6.16. The van der Waals surface area contributed by atoms with Crippen LogP contribution in [0.3, 0.4) is 0 Å². The van der Waals surface area contributed by atoms with E-state index in [1.807, 2.05) is 0 Å². The number of rotatable bonds is 3. The van der Waals surface area contributed by atoms with Crippen molar-refractivity contribution in [2.75, 3.05) is 6.73 Å². The summed E-state index contributed by atoms with van der Waals surface area (Å²) in [6.07, 6.45) is 0. The molecule has 0 unspecified atom stereocenters. The van der Waals surface area contributed by atoms with E-state index in [2.05, 4.69) is 4.99 Å². The summed E-state index contributed by atoms with van der Waals surface area (Å²) in [6, 6.07) is 0. The molecule has 5 heteroatoms. The van der Waals surface area contributed by atoms with E-state index in [0.717, 1.165) is 0 Å². The molecular formula is C5H13N3O2. The molecule has 0 aromatic rings. The average Bonchev–Trinajstić information content (AvgIpc) is 1.59. The molecule has 5 N–H and O–H groups in total. The highest BCUT2D eigenvalue weighted by atomic mass is 16.6. The normalized spacial score (nSPS) is 11.1. The Morgan fingerprint density at radius 3 is 2.40 bits per heavy atom. The number of guanidine groups is 1. The molecule has 0 atom stereocenters. The molecule has 0 bridgehead atoms. The minimum absolute atomic E-state index is 0.0220. The van der Waals surface area contributed by atoms with Gasteiger partial charge in [-0.3, -0.25) is 0 Å². The van der Waals surface area contributed by atoms with Gasteiger partial charge in [-0.05, 0) is 13.8 Å². The molecule has 0 aromatic heterocycles. The van der Waals surface area contributed by atoms with Gasteiger partial charge in [0.05, 0.1) is 0 Å². The maximum Gasteiger partial charge on any atom is 0.188 e. The van der Waals surface area contributed by atoms with Crippen LogP contribution in [0, 0.1) is 0 Å². The van der Waals surface area contributed by atoms with Crippen LogP contribution in [0.2, 0.25) is 0 Å². The van der Waals surface area contributed by atoms with Crippen molar-refractivity contribution in [2.45, 2.75) is 19.6 Å². The Hall–Kier alpha value is -0.810. The molecule has 0 spiro atoms. The van der Waals surface area contributed by atoms with Crippen LogP contribution >= 0.6 is 0 Å². The Kier molecular flexibility index (Phi) is 3.11. The monoisotopic (exact) mass is 147 g/mol. The van der Waals surface area contributed by atoms with Crippen molar-refractivity contribution in [3.05, 3.63) is 0 Å². The quantitative estimate of drug-likeness (QED) is 0.270. The third-order valence-electron chi connectivity index (χ3n) is 0.665. The third-order valence-corrected chi connectivity index (χ3v) is 0.665. The summed E-state index contributed by atoms with van der Waals surface area (Å²) >= 11 is 0. The van der Waals surface area contributed by atoms with Crippen molar-refractivity contribution >= 4 is 5.96 Å². The van der Waals surface area contributed by atoms with E-state index in [-0.39, 0.29) is 12.7 Å². The summed E-state index contributed by atoms with van der Waals surface area (Å²) in [5.41, 5.74) is 9.98. The number of hydrogen-bond acceptors (Lipinski definition) is 3. The fourth-order valence-corrected chi connectivity index (χ4v) is 0.265. The highest BCUT2D eigenvalue weighted by Crippen LogP contribution is 2.01. The second kappa shape index (κ2) is 3.38. The molecule has 0 saturated carbocycles. The molecule has 0 fully saturated rings. The lowest BCUT2D eigenvalue weighted by atomic mass is 10.4. The zero-order valence-corrected chi connectivity index (χ0v) is 6.16. The van der Waals surface area contributed by atoms with Gasteiger partial charge in [0.25, 0.3) is 0 Å². The van der Waals surface area contributed by atoms with Crippen LogP contribution in [0.25, 0.3) is 0 Å². The zero-order chi connectivity index (χ0) is 8.20. The molecule has 0 rings (SSSR count). The molecule has 60 valence electrons. The van der Waals surface area contributed by atoms with E-state index in [9.17, 15) is 0 Å². The Bertz CT molecular complexity index is 123. The molecule has 0 heterocycles. The topological polar surface area (TPSA) is 93.9 Å². The van der Waals surface area contributed by atoms with Crippen LogP contribution < -0.4 is 11.5 Å². The summed E-state index contributed by atoms with van der Waals surface area (Å²) < 4.78 is 4.75. The molecule has 0 aliphatic rings. The van der Waals surface area contributed by atoms with Crippen molar-refractivity contribution in [1.29, 1.82) is 0 Å². The van der Waals surface area contributed by atoms with Gasteiger partial charge < -0.3 is 21.3 Å². The van der Waals surface area contributed by atoms with Gasteiger partial charge in [-0.2, -0.15) is 0 Å². The first kappa shape index (κ1) is 9.19. The maximum atomic E-state index is 8.96. The summed E-state index contributed by atoms with van der Waals surface area (Å²) in [5.74, 6) is -1.23. The summed E-state index contributed by atoms with van der Waals surface area (Å²) in [4.78, 5) is 3.50. The van der Waals surface area contributed by atoms with Gasteiger partial charge in [-0.25, -0.2) is 4.99 Å². The van der Waals surface area contributed by atoms with Crippen molar-refractivity contribution in [3.8, 4) is 0 Å². The fraction of sp³-hybridized carbons (Fsp3) is 0.800. The summed E-state index contributed by atoms with van der Waals surface area (Å²) in [7, 11) is 0. The lowest BCUT2D eigenvalue weighted by molar-refractivity contribution is -0.173. The largest absolute Gasteiger partial charge is 0.370 e. The van der Waals surface area contributed by atoms with Gasteiger partial charge in [0.15, 0.2) is 11.7 Å². The summed E-state index contributed by atoms with van der Waals surface area (Å²) in [5, 5.41) is 8.96. The molecule has 0 amide bonds. The Balaban J connectivity index is 3.47. The van der Waals surface area contributed by atoms with Gasteiger partial charge in [-0.15, -0.1) is 0 Å². The van der Waals surface area contributed by atoms with E-state index in [1.54, 1.807) is 0 Å². The van der Waals surface area contributed by atoms with Gasteiger partial charge in [0.1, 0.15) is 6.73 Å². The summed E-state index contributed by atoms with van der Waals surface area (Å²) in [6.45, 7) is 2.97. The van der Waals surface area contributed by atoms with E-state index < -0.39 is 5.79 Å². The molecular weight excluding hydrogens is 134 g/mol. The third kappa shape index (κ3) is 7.19. The van der Waals surface area contributed by atoms with Crippen molar-refractivity contribution in [3.63, 3.8) is 0 Å². The Labute approximate surface area is 59.7 Å². The van der Waals surface area contributed by atoms with Crippen molar-refractivity contribution in [2.24, 2.45) is 16.5 Å². The predicted molar refractivity (Wildman–Crippen MR) is 38.1 cm³/mol. The van der Waals surface area contributed by atoms with E-state index in [4.69, 9.17) is 21.3 Å². The molecule has 5 nitrogen and oxygen atoms in total. The van der Waals surface area contributed by atoms with E-state index >= 15 is 0 Å². The second-order valence-corrected chi connectivity index (χ2v) is 2.30. The molecule has 0 radical (unpaired) electrons. The Morgan fingerprint density at radius 2 is 2.10 bits per heavy atom. The molecule has 0 aromatic carbocycles. The first-order chi connectivity index (χ1) is 4.42. The molecule has 10 heavy (non-hydrogen) atoms. The number of nitrogens with zero attached hydrogens (tertiary/aromatic N) is 1. The highest BCUT2D eigenvalue weighted by molar-refractivity contribution is 5.75. The van der Waals surface area contributed by atoms with Crippen molar-refractivity contribution < 1.29 is 9.84 Å². The molecule has 0 aliphatic carbocycles. The number of nitrogens with two attached hydrogens (primary N) is 2. The van der Waals surface area contributed by atoms with Crippen LogP contribution in [-0.4, -0.2) is 23.6 Å². The fourth-order valence-electron chi connectivity index (χ4n) is 0.265. The van der Waals surface area contributed by atoms with Crippen molar-refractivity contribution in [1.82, 2.24) is 0 Å². The molecule has 0 saturated heterocycles. The SMILES string of the molecule is CC(C)(O)OCN=C(N)N. The standard InChI is InChI=1S/C5H13N3O2/c1-5(2,9)10-3-8-4(6)7/h9H,3H2,1-2H3,(H4,6,7,8). The Morgan fingerprint density at radius 1 is 1.60 bits per heavy atom. The van der Waals surface area contributed by atoms with Crippen LogP contribution in [-0.2, 0) is 4.74 Å². The average molecular weight is 147 g/mol. The first-order valence-electron chi connectivity index (χ1n) is 2.83. The van der Waals surface area contributed by atoms with Gasteiger partial charge in [-0.1, -0.05) is 0 Å². The number of ether oxygens (including phenoxy) is 1. The van der Waals surface area contributed by atoms with Gasteiger partial charge in [0, 0.05) is 0 Å². The predicted octanol–water partition coefficient (Wildman–Crippen LogP) is -1.04. The first-order valence-corrected chi connectivity index (χ1v) is 2.83. The lowest BCUT2D eigenvalue weighted by Gasteiger charge is -2.15. The van der Waals surface area contributed by atoms with Crippen LogP contribution in [0.5, 0.6) is 0 Å². The smallest absolute Gasteiger partial charge is 0.188 e. The maximum absolute atomic E-state index is 8.96. The second-order valence-electron chi connectivity index (χ2n) is 2.30.